The van der Waals surface area contributed by atoms with E-state index in [0.29, 0.717) is 17.1 Å². The normalized spacial score (nSPS) is 22.4. The number of hydrogen-bond donors (Lipinski definition) is 3. The molecule has 0 bridgehead atoms. The lowest BCUT2D eigenvalue weighted by Gasteiger charge is -2.13. The standard InChI is InChI=1S/C12H16ClN3O2S/c13-7-1-4-11(9(14)5-7)19-6-8-2-3-10(18-8)12(17)16-15/h1,4-5,8,10H,2-3,6,14-15H2,(H,16,17). The number of rotatable bonds is 4. The van der Waals surface area contributed by atoms with Crippen LogP contribution in [0.5, 0.6) is 0 Å². The molecule has 1 heterocycles. The summed E-state index contributed by atoms with van der Waals surface area (Å²) in [5, 5.41) is 0.624. The van der Waals surface area contributed by atoms with Gasteiger partial charge in [0, 0.05) is 21.4 Å². The first-order chi connectivity index (χ1) is 9.10. The number of halogens is 1. The fraction of sp³-hybridized carbons (Fsp3) is 0.417. The average Bonchev–Trinajstić information content (AvgIpc) is 2.85. The third-order valence-electron chi connectivity index (χ3n) is 2.94. The number of amides is 1. The highest BCUT2D eigenvalue weighted by Crippen LogP contribution is 2.31. The van der Waals surface area contributed by atoms with E-state index in [2.05, 4.69) is 5.43 Å². The number of carbonyl (C=O) groups is 1. The number of nitrogen functional groups attached to an aromatic ring is 1. The molecule has 7 heteroatoms. The van der Waals surface area contributed by atoms with Crippen LogP contribution in [0.25, 0.3) is 0 Å². The second kappa shape index (κ2) is 6.47. The summed E-state index contributed by atoms with van der Waals surface area (Å²) in [4.78, 5) is 12.3. The predicted octanol–water partition coefficient (Wildman–Crippen LogP) is 1.55. The van der Waals surface area contributed by atoms with Crippen LogP contribution in [-0.2, 0) is 9.53 Å². The van der Waals surface area contributed by atoms with Crippen molar-refractivity contribution in [3.05, 3.63) is 23.2 Å². The highest BCUT2D eigenvalue weighted by molar-refractivity contribution is 7.99. The highest BCUT2D eigenvalue weighted by atomic mass is 35.5. The summed E-state index contributed by atoms with van der Waals surface area (Å²) in [7, 11) is 0. The molecule has 1 aromatic rings. The van der Waals surface area contributed by atoms with E-state index in [0.717, 1.165) is 17.1 Å². The zero-order valence-electron chi connectivity index (χ0n) is 10.3. The number of hydrazine groups is 1. The molecule has 0 aliphatic carbocycles. The molecular formula is C12H16ClN3O2S. The molecule has 0 radical (unpaired) electrons. The fourth-order valence-corrected chi connectivity index (χ4v) is 3.13. The van der Waals surface area contributed by atoms with Gasteiger partial charge in [0.1, 0.15) is 6.10 Å². The van der Waals surface area contributed by atoms with Crippen molar-refractivity contribution in [1.82, 2.24) is 5.43 Å². The average molecular weight is 302 g/mol. The molecule has 0 aromatic heterocycles. The van der Waals surface area contributed by atoms with Gasteiger partial charge in [0.2, 0.25) is 0 Å². The van der Waals surface area contributed by atoms with Gasteiger partial charge in [0.25, 0.3) is 5.91 Å². The van der Waals surface area contributed by atoms with Crippen molar-refractivity contribution in [1.29, 1.82) is 0 Å². The molecule has 5 nitrogen and oxygen atoms in total. The van der Waals surface area contributed by atoms with Gasteiger partial charge in [0.15, 0.2) is 0 Å². The maximum atomic E-state index is 11.3. The van der Waals surface area contributed by atoms with Gasteiger partial charge in [-0.2, -0.15) is 0 Å². The Balaban J connectivity index is 1.85. The molecule has 0 spiro atoms. The third-order valence-corrected chi connectivity index (χ3v) is 4.40. The van der Waals surface area contributed by atoms with Crippen LogP contribution in [0.3, 0.4) is 0 Å². The van der Waals surface area contributed by atoms with Crippen molar-refractivity contribution in [3.63, 3.8) is 0 Å². The van der Waals surface area contributed by atoms with Crippen LogP contribution >= 0.6 is 23.4 Å². The number of anilines is 1. The van der Waals surface area contributed by atoms with Crippen LogP contribution in [0.2, 0.25) is 5.02 Å². The molecule has 0 saturated carbocycles. The first-order valence-corrected chi connectivity index (χ1v) is 7.30. The van der Waals surface area contributed by atoms with Gasteiger partial charge in [-0.3, -0.25) is 10.2 Å². The minimum Gasteiger partial charge on any atom is -0.398 e. The van der Waals surface area contributed by atoms with E-state index in [1.807, 2.05) is 6.07 Å². The van der Waals surface area contributed by atoms with E-state index >= 15 is 0 Å². The number of nitrogens with two attached hydrogens (primary N) is 2. The minimum atomic E-state index is -0.432. The number of benzene rings is 1. The Morgan fingerprint density at radius 2 is 2.32 bits per heavy atom. The zero-order chi connectivity index (χ0) is 13.8. The van der Waals surface area contributed by atoms with Crippen LogP contribution in [0.1, 0.15) is 12.8 Å². The van der Waals surface area contributed by atoms with Gasteiger partial charge in [-0.15, -0.1) is 11.8 Å². The molecule has 2 rings (SSSR count). The number of carbonyl (C=O) groups excluding carboxylic acids is 1. The quantitative estimate of drug-likeness (QED) is 0.258. The Morgan fingerprint density at radius 1 is 1.53 bits per heavy atom. The van der Waals surface area contributed by atoms with Crippen molar-refractivity contribution < 1.29 is 9.53 Å². The molecule has 104 valence electrons. The summed E-state index contributed by atoms with van der Waals surface area (Å²) in [6.07, 6.45) is 1.16. The predicted molar refractivity (Wildman–Crippen MR) is 76.8 cm³/mol. The molecular weight excluding hydrogens is 286 g/mol. The maximum Gasteiger partial charge on any atom is 0.263 e. The summed E-state index contributed by atoms with van der Waals surface area (Å²) >= 11 is 7.45. The lowest BCUT2D eigenvalue weighted by Crippen LogP contribution is -2.39. The molecule has 1 amide bonds. The second-order valence-electron chi connectivity index (χ2n) is 4.33. The molecule has 1 saturated heterocycles. The smallest absolute Gasteiger partial charge is 0.263 e. The van der Waals surface area contributed by atoms with Crippen molar-refractivity contribution in [2.24, 2.45) is 5.84 Å². The van der Waals surface area contributed by atoms with Crippen molar-refractivity contribution >= 4 is 35.0 Å². The van der Waals surface area contributed by atoms with Crippen LogP contribution in [0.4, 0.5) is 5.69 Å². The van der Waals surface area contributed by atoms with Gasteiger partial charge in [-0.1, -0.05) is 11.6 Å². The van der Waals surface area contributed by atoms with Crippen LogP contribution in [-0.4, -0.2) is 23.9 Å². The molecule has 5 N–H and O–H groups in total. The fourth-order valence-electron chi connectivity index (χ4n) is 1.95. The molecule has 1 aromatic carbocycles. The van der Waals surface area contributed by atoms with Gasteiger partial charge in [0.05, 0.1) is 6.10 Å². The topological polar surface area (TPSA) is 90.4 Å². The summed E-state index contributed by atoms with van der Waals surface area (Å²) in [5.74, 6) is 5.57. The largest absolute Gasteiger partial charge is 0.398 e. The van der Waals surface area contributed by atoms with E-state index in [9.17, 15) is 4.79 Å². The van der Waals surface area contributed by atoms with Crippen molar-refractivity contribution in [2.75, 3.05) is 11.5 Å². The van der Waals surface area contributed by atoms with E-state index in [-0.39, 0.29) is 12.0 Å². The monoisotopic (exact) mass is 301 g/mol. The van der Waals surface area contributed by atoms with Gasteiger partial charge < -0.3 is 10.5 Å². The number of ether oxygens (including phenoxy) is 1. The lowest BCUT2D eigenvalue weighted by molar-refractivity contribution is -0.131. The first-order valence-electron chi connectivity index (χ1n) is 5.94. The van der Waals surface area contributed by atoms with E-state index < -0.39 is 6.10 Å². The maximum absolute atomic E-state index is 11.3. The Morgan fingerprint density at radius 3 is 3.00 bits per heavy atom. The first kappa shape index (κ1) is 14.5. The van der Waals surface area contributed by atoms with E-state index in [1.54, 1.807) is 23.9 Å². The third kappa shape index (κ3) is 3.76. The Kier molecular flexibility index (Phi) is 4.93. The van der Waals surface area contributed by atoms with Crippen LogP contribution in [0, 0.1) is 0 Å². The van der Waals surface area contributed by atoms with Crippen LogP contribution < -0.4 is 17.0 Å². The highest BCUT2D eigenvalue weighted by Gasteiger charge is 2.30. The Bertz CT molecular complexity index is 472. The SMILES string of the molecule is NNC(=O)C1CCC(CSc2ccc(Cl)cc2N)O1. The minimum absolute atomic E-state index is 0.0439. The number of nitrogens with one attached hydrogen (secondary N) is 1. The summed E-state index contributed by atoms with van der Waals surface area (Å²) in [5.41, 5.74) is 8.65. The Labute approximate surface area is 121 Å². The van der Waals surface area contributed by atoms with Crippen molar-refractivity contribution in [2.45, 2.75) is 29.9 Å². The van der Waals surface area contributed by atoms with E-state index in [4.69, 9.17) is 27.9 Å². The van der Waals surface area contributed by atoms with Gasteiger partial charge in [-0.05, 0) is 31.0 Å². The van der Waals surface area contributed by atoms with Gasteiger partial charge >= 0.3 is 0 Å². The van der Waals surface area contributed by atoms with Crippen molar-refractivity contribution in [3.8, 4) is 0 Å². The zero-order valence-corrected chi connectivity index (χ0v) is 11.8. The molecule has 1 aliphatic rings. The molecule has 1 aliphatic heterocycles. The molecule has 2 unspecified atom stereocenters. The summed E-state index contributed by atoms with van der Waals surface area (Å²) in [6, 6.07) is 5.42. The molecule has 1 fully saturated rings. The number of thioether (sulfide) groups is 1. The summed E-state index contributed by atoms with van der Waals surface area (Å²) < 4.78 is 5.62. The molecule has 2 atom stereocenters. The van der Waals surface area contributed by atoms with Crippen LogP contribution in [0.15, 0.2) is 23.1 Å². The summed E-state index contributed by atoms with van der Waals surface area (Å²) in [6.45, 7) is 0. The van der Waals surface area contributed by atoms with Gasteiger partial charge in [-0.25, -0.2) is 5.84 Å². The van der Waals surface area contributed by atoms with E-state index in [1.165, 1.54) is 0 Å². The lowest BCUT2D eigenvalue weighted by atomic mass is 10.2. The Hall–Kier alpha value is -0.950. The molecule has 19 heavy (non-hydrogen) atoms. The second-order valence-corrected chi connectivity index (χ2v) is 5.82. The number of hydrogen-bond acceptors (Lipinski definition) is 5.